The Labute approximate surface area is 382 Å². The summed E-state index contributed by atoms with van der Waals surface area (Å²) < 4.78 is 61.8. The van der Waals surface area contributed by atoms with Crippen molar-refractivity contribution in [2.24, 2.45) is 0 Å². The molecule has 6 aromatic carbocycles. The van der Waals surface area contributed by atoms with Gasteiger partial charge in [0.1, 0.15) is 0 Å². The van der Waals surface area contributed by atoms with Gasteiger partial charge in [-0.05, 0) is 85.6 Å². The Balaban J connectivity index is 0.000000177. The highest BCUT2D eigenvalue weighted by Crippen LogP contribution is 2.54. The van der Waals surface area contributed by atoms with Gasteiger partial charge in [0, 0.05) is 28.2 Å². The van der Waals surface area contributed by atoms with E-state index < -0.39 is 31.2 Å². The summed E-state index contributed by atoms with van der Waals surface area (Å²) in [6.45, 7) is 3.81. The quantitative estimate of drug-likeness (QED) is 0.161. The first-order valence-electron chi connectivity index (χ1n) is 17.6. The second-order valence-corrected chi connectivity index (χ2v) is 20.3. The predicted octanol–water partition coefficient (Wildman–Crippen LogP) is 11.0. The number of nitrogens with zero attached hydrogens (tertiary/aromatic N) is 2. The minimum absolute atomic E-state index is 0.171. The molecule has 0 aliphatic carbocycles. The van der Waals surface area contributed by atoms with Crippen LogP contribution in [0.3, 0.4) is 0 Å². The molecule has 2 heterocycles. The van der Waals surface area contributed by atoms with Crippen LogP contribution in [0.4, 0.5) is 11.4 Å². The Morgan fingerprint density at radius 2 is 0.845 bits per heavy atom. The lowest BCUT2D eigenvalue weighted by molar-refractivity contribution is 0.127. The third kappa shape index (κ3) is 7.30. The number of halogens is 4. The number of anilines is 2. The lowest BCUT2D eigenvalue weighted by Gasteiger charge is -2.28. The summed E-state index contributed by atoms with van der Waals surface area (Å²) in [5.74, 6) is 0. The van der Waals surface area contributed by atoms with Crippen LogP contribution in [0.15, 0.2) is 184 Å². The van der Waals surface area contributed by atoms with Crippen molar-refractivity contribution >= 4 is 108 Å². The fourth-order valence-electron chi connectivity index (χ4n) is 7.14. The number of rotatable bonds is 6. The van der Waals surface area contributed by atoms with Gasteiger partial charge in [0.2, 0.25) is 0 Å². The molecule has 0 unspecified atom stereocenters. The van der Waals surface area contributed by atoms with E-state index in [-0.39, 0.29) is 21.2 Å². The van der Waals surface area contributed by atoms with Crippen LogP contribution in [0, 0.1) is 13.8 Å². The molecule has 58 heavy (non-hydrogen) atoms. The lowest BCUT2D eigenvalue weighted by atomic mass is 9.86. The summed E-state index contributed by atoms with van der Waals surface area (Å²) >= 11 is 10.9. The first-order chi connectivity index (χ1) is 27.6. The van der Waals surface area contributed by atoms with Gasteiger partial charge in [0.05, 0.1) is 32.6 Å². The van der Waals surface area contributed by atoms with E-state index in [0.29, 0.717) is 33.6 Å². The summed E-state index contributed by atoms with van der Waals surface area (Å²) in [7, 11) is -7.87. The molecule has 6 aromatic rings. The van der Waals surface area contributed by atoms with Gasteiger partial charge in [0.25, 0.3) is 20.0 Å². The molecule has 0 saturated carbocycles. The number of benzene rings is 6. The van der Waals surface area contributed by atoms with Crippen molar-refractivity contribution in [3.05, 3.63) is 207 Å². The second-order valence-electron chi connectivity index (χ2n) is 13.6. The summed E-state index contributed by atoms with van der Waals surface area (Å²) in [5, 5.41) is 23.8. The van der Waals surface area contributed by atoms with E-state index in [1.54, 1.807) is 117 Å². The zero-order valence-electron chi connectivity index (χ0n) is 30.8. The Kier molecular flexibility index (Phi) is 12.2. The molecule has 0 spiro atoms. The maximum atomic E-state index is 13.6. The largest absolute Gasteiger partial charge is 0.374 e. The molecule has 0 radical (unpaired) electrons. The van der Waals surface area contributed by atoms with Gasteiger partial charge in [-0.3, -0.25) is 0 Å². The molecule has 2 atom stereocenters. The molecule has 0 aromatic heterocycles. The summed E-state index contributed by atoms with van der Waals surface area (Å²) in [5.41, 5.74) is 2.39. The fourth-order valence-corrected chi connectivity index (χ4v) is 12.8. The molecule has 2 aliphatic heterocycles. The minimum Gasteiger partial charge on any atom is -0.374 e. The highest BCUT2D eigenvalue weighted by molar-refractivity contribution is 14.1. The molecule has 8 rings (SSSR count). The van der Waals surface area contributed by atoms with E-state index in [2.05, 4.69) is 31.9 Å². The van der Waals surface area contributed by atoms with Crippen molar-refractivity contribution in [2.75, 3.05) is 8.61 Å². The Morgan fingerprint density at radius 1 is 0.517 bits per heavy atom. The molecule has 0 fully saturated rings. The van der Waals surface area contributed by atoms with Crippen LogP contribution >= 0.6 is 77.0 Å². The fraction of sp³-hybridized carbons (Fsp3) is 0.0909. The van der Waals surface area contributed by atoms with E-state index in [0.717, 1.165) is 20.1 Å². The first-order valence-corrected chi connectivity index (χ1v) is 24.6. The van der Waals surface area contributed by atoms with E-state index in [9.17, 15) is 27.0 Å². The standard InChI is InChI=1S/2C22H17BrINO3S/c2*1-15-7-10-18(11-8-15)29(27,28)25-20-12-9-17(23)13-19(20)22(26,21(25)14-24)16-5-3-2-4-6-16/h2*2-14,26H,1H3/b2*21-14+/t2*22-/m11/s1. The molecule has 14 heteroatoms. The molecule has 0 saturated heterocycles. The van der Waals surface area contributed by atoms with Crippen LogP contribution < -0.4 is 8.61 Å². The van der Waals surface area contributed by atoms with Crippen molar-refractivity contribution in [1.29, 1.82) is 0 Å². The number of fused-ring (bicyclic) bond motifs is 2. The molecule has 2 aliphatic rings. The van der Waals surface area contributed by atoms with Gasteiger partial charge in [-0.2, -0.15) is 0 Å². The van der Waals surface area contributed by atoms with Crippen molar-refractivity contribution in [3.63, 3.8) is 0 Å². The lowest BCUT2D eigenvalue weighted by Crippen LogP contribution is -2.35. The zero-order valence-corrected chi connectivity index (χ0v) is 39.9. The van der Waals surface area contributed by atoms with Gasteiger partial charge in [0.15, 0.2) is 11.2 Å². The maximum Gasteiger partial charge on any atom is 0.268 e. The van der Waals surface area contributed by atoms with Gasteiger partial charge in [-0.1, -0.05) is 173 Å². The molecule has 296 valence electrons. The number of hydrogen-bond acceptors (Lipinski definition) is 6. The normalized spacial score (nSPS) is 20.1. The Bertz CT molecular complexity index is 2620. The van der Waals surface area contributed by atoms with E-state index in [4.69, 9.17) is 0 Å². The average molecular weight is 1160 g/mol. The molecular weight excluding hydrogens is 1130 g/mol. The van der Waals surface area contributed by atoms with Crippen LogP contribution in [0.2, 0.25) is 0 Å². The smallest absolute Gasteiger partial charge is 0.268 e. The monoisotopic (exact) mass is 1160 g/mol. The summed E-state index contributed by atoms with van der Waals surface area (Å²) in [6.07, 6.45) is 0. The van der Waals surface area contributed by atoms with Gasteiger partial charge in [-0.15, -0.1) is 0 Å². The second kappa shape index (κ2) is 16.6. The number of aliphatic hydroxyl groups is 2. The van der Waals surface area contributed by atoms with Crippen molar-refractivity contribution in [2.45, 2.75) is 34.8 Å². The Hall–Kier alpha value is -3.36. The molecule has 0 bridgehead atoms. The van der Waals surface area contributed by atoms with Crippen LogP contribution in [0.5, 0.6) is 0 Å². The van der Waals surface area contributed by atoms with Crippen molar-refractivity contribution in [3.8, 4) is 0 Å². The molecule has 8 nitrogen and oxygen atoms in total. The van der Waals surface area contributed by atoms with E-state index in [1.165, 1.54) is 8.61 Å². The summed E-state index contributed by atoms with van der Waals surface area (Å²) in [4.78, 5) is 0.343. The van der Waals surface area contributed by atoms with Crippen molar-refractivity contribution in [1.82, 2.24) is 0 Å². The predicted molar refractivity (Wildman–Crippen MR) is 253 cm³/mol. The molecule has 0 amide bonds. The Morgan fingerprint density at radius 3 is 1.16 bits per heavy atom. The van der Waals surface area contributed by atoms with E-state index >= 15 is 0 Å². The SMILES string of the molecule is Cc1ccc(S(=O)(=O)N2/C(=C/I)[C@@](O)(c3ccccc3)c3cc(Br)ccc32)cc1.Cc1ccc(S(=O)(=O)N2/C(=C/I)[C@@](O)(c3ccccc3)c3cc(Br)ccc32)cc1. The topological polar surface area (TPSA) is 115 Å². The number of aryl methyl sites for hydroxylation is 2. The first kappa shape index (κ1) is 42.8. The van der Waals surface area contributed by atoms with Crippen molar-refractivity contribution < 1.29 is 27.0 Å². The molecule has 2 N–H and O–H groups in total. The average Bonchev–Trinajstić information content (AvgIpc) is 3.64. The van der Waals surface area contributed by atoms with Gasteiger partial charge in [-0.25, -0.2) is 25.4 Å². The number of hydrogen-bond donors (Lipinski definition) is 2. The third-order valence-corrected chi connectivity index (χ3v) is 15.7. The van der Waals surface area contributed by atoms with Crippen LogP contribution in [0.1, 0.15) is 33.4 Å². The van der Waals surface area contributed by atoms with Gasteiger partial charge < -0.3 is 10.2 Å². The maximum absolute atomic E-state index is 13.6. The highest BCUT2D eigenvalue weighted by atomic mass is 127. The third-order valence-electron chi connectivity index (χ3n) is 10.0. The zero-order chi connectivity index (χ0) is 41.6. The van der Waals surface area contributed by atoms with Crippen LogP contribution in [0.25, 0.3) is 0 Å². The van der Waals surface area contributed by atoms with E-state index in [1.807, 2.05) is 95.4 Å². The molecular formula is C44H34Br2I2N2O6S2. The van der Waals surface area contributed by atoms with Crippen LogP contribution in [-0.4, -0.2) is 27.0 Å². The van der Waals surface area contributed by atoms with Gasteiger partial charge >= 0.3 is 0 Å². The summed E-state index contributed by atoms with van der Waals surface area (Å²) in [6, 6.07) is 42.2. The number of sulfonamides is 2. The van der Waals surface area contributed by atoms with Crippen LogP contribution in [-0.2, 0) is 31.2 Å². The minimum atomic E-state index is -3.94. The highest BCUT2D eigenvalue weighted by Gasteiger charge is 2.53.